The molecule has 7 heteroatoms. The minimum Gasteiger partial charge on any atom is -0.475 e. The largest absolute Gasteiger partial charge is 0.475 e. The third kappa shape index (κ3) is 2.44. The highest BCUT2D eigenvalue weighted by atomic mass is 16.5. The molecule has 0 spiro atoms. The molecule has 1 aromatic rings. The second-order valence-corrected chi connectivity index (χ2v) is 3.88. The molecule has 2 N–H and O–H groups in total. The van der Waals surface area contributed by atoms with Crippen molar-refractivity contribution in [1.29, 1.82) is 0 Å². The topological polar surface area (TPSA) is 102 Å². The third-order valence-electron chi connectivity index (χ3n) is 2.72. The zero-order valence-corrected chi connectivity index (χ0v) is 9.17. The van der Waals surface area contributed by atoms with Gasteiger partial charge in [-0.3, -0.25) is 4.79 Å². The number of hydrogen-bond acceptors (Lipinski definition) is 5. The molecule has 7 nitrogen and oxygen atoms in total. The van der Waals surface area contributed by atoms with Gasteiger partial charge >= 0.3 is 5.97 Å². The fourth-order valence-electron chi connectivity index (χ4n) is 1.62. The molecular formula is C10H12N2O5. The van der Waals surface area contributed by atoms with Crippen LogP contribution >= 0.6 is 0 Å². The number of rotatable bonds is 4. The van der Waals surface area contributed by atoms with Crippen LogP contribution in [0.15, 0.2) is 10.6 Å². The fraction of sp³-hybridized carbons (Fsp3) is 0.500. The van der Waals surface area contributed by atoms with Crippen molar-refractivity contribution in [1.82, 2.24) is 10.5 Å². The number of amides is 1. The molecule has 0 saturated heterocycles. The molecule has 92 valence electrons. The number of nitrogens with zero attached hydrogens (tertiary/aromatic N) is 1. The summed E-state index contributed by atoms with van der Waals surface area (Å²) in [6, 6.07) is 1.15. The van der Waals surface area contributed by atoms with Crippen molar-refractivity contribution in [2.24, 2.45) is 0 Å². The molecule has 0 unspecified atom stereocenters. The molecule has 1 aliphatic carbocycles. The fourth-order valence-corrected chi connectivity index (χ4v) is 1.62. The van der Waals surface area contributed by atoms with Crippen molar-refractivity contribution < 1.29 is 24.0 Å². The zero-order valence-electron chi connectivity index (χ0n) is 9.17. The van der Waals surface area contributed by atoms with Gasteiger partial charge in [-0.1, -0.05) is 5.16 Å². The number of carbonyl (C=O) groups is 2. The Hall–Kier alpha value is -1.89. The minimum atomic E-state index is -1.25. The predicted octanol–water partition coefficient (Wildman–Crippen LogP) is 0.280. The van der Waals surface area contributed by atoms with Crippen molar-refractivity contribution in [3.63, 3.8) is 0 Å². The zero-order chi connectivity index (χ0) is 12.4. The lowest BCUT2D eigenvalue weighted by molar-refractivity contribution is 0.0175. The van der Waals surface area contributed by atoms with Crippen LogP contribution in [0.4, 0.5) is 0 Å². The van der Waals surface area contributed by atoms with Gasteiger partial charge in [0.25, 0.3) is 5.91 Å². The van der Waals surface area contributed by atoms with E-state index in [0.717, 1.165) is 18.9 Å². The van der Waals surface area contributed by atoms with Crippen LogP contribution in [-0.4, -0.2) is 41.4 Å². The number of aromatic carboxylic acids is 1. The normalized spacial score (nSPS) is 22.9. The summed E-state index contributed by atoms with van der Waals surface area (Å²) >= 11 is 0. The molecular weight excluding hydrogens is 228 g/mol. The summed E-state index contributed by atoms with van der Waals surface area (Å²) in [5.74, 6) is -2.03. The van der Waals surface area contributed by atoms with Crippen molar-refractivity contribution >= 4 is 11.9 Å². The van der Waals surface area contributed by atoms with E-state index in [2.05, 4.69) is 15.0 Å². The highest BCUT2D eigenvalue weighted by molar-refractivity contribution is 5.95. The van der Waals surface area contributed by atoms with Gasteiger partial charge in [0.05, 0.1) is 6.10 Å². The molecule has 0 bridgehead atoms. The van der Waals surface area contributed by atoms with Gasteiger partial charge in [0, 0.05) is 19.2 Å². The van der Waals surface area contributed by atoms with Gasteiger partial charge in [-0.05, 0) is 12.8 Å². The number of hydrogen-bond donors (Lipinski definition) is 2. The first-order valence-electron chi connectivity index (χ1n) is 5.14. The van der Waals surface area contributed by atoms with Gasteiger partial charge in [-0.25, -0.2) is 4.79 Å². The van der Waals surface area contributed by atoms with Crippen LogP contribution in [0.25, 0.3) is 0 Å². The summed E-state index contributed by atoms with van der Waals surface area (Å²) in [5, 5.41) is 14.7. The second kappa shape index (κ2) is 4.54. The Kier molecular flexibility index (Phi) is 3.10. The first-order chi connectivity index (χ1) is 8.10. The molecule has 1 fully saturated rings. The van der Waals surface area contributed by atoms with Crippen LogP contribution in [-0.2, 0) is 4.74 Å². The van der Waals surface area contributed by atoms with Gasteiger partial charge in [0.2, 0.25) is 5.76 Å². The summed E-state index contributed by atoms with van der Waals surface area (Å²) in [6.45, 7) is 0. The number of carboxylic acids is 1. The molecule has 1 aromatic heterocycles. The van der Waals surface area contributed by atoms with Gasteiger partial charge in [-0.2, -0.15) is 0 Å². The van der Waals surface area contributed by atoms with Crippen LogP contribution in [0.3, 0.4) is 0 Å². The third-order valence-corrected chi connectivity index (χ3v) is 2.72. The Morgan fingerprint density at radius 1 is 1.59 bits per heavy atom. The number of aromatic nitrogens is 1. The standard InChI is InChI=1S/C10H12N2O5/c1-16-6-2-5(3-6)11-9(13)7-4-8(10(14)15)17-12-7/h4-6H,2-3H2,1H3,(H,11,13)(H,14,15). The monoisotopic (exact) mass is 240 g/mol. The SMILES string of the molecule is COC1CC(NC(=O)c2cc(C(=O)O)on2)C1. The molecule has 1 saturated carbocycles. The average molecular weight is 240 g/mol. The van der Waals surface area contributed by atoms with Gasteiger partial charge in [-0.15, -0.1) is 0 Å². The van der Waals surface area contributed by atoms with E-state index in [4.69, 9.17) is 9.84 Å². The van der Waals surface area contributed by atoms with E-state index in [9.17, 15) is 9.59 Å². The van der Waals surface area contributed by atoms with Crippen molar-refractivity contribution in [2.75, 3.05) is 7.11 Å². The minimum absolute atomic E-state index is 0.0248. The van der Waals surface area contributed by atoms with Crippen molar-refractivity contribution in [2.45, 2.75) is 25.0 Å². The Morgan fingerprint density at radius 2 is 2.29 bits per heavy atom. The van der Waals surface area contributed by atoms with Crippen LogP contribution < -0.4 is 5.32 Å². The summed E-state index contributed by atoms with van der Waals surface area (Å²) in [7, 11) is 1.62. The summed E-state index contributed by atoms with van der Waals surface area (Å²) in [4.78, 5) is 22.1. The molecule has 0 radical (unpaired) electrons. The Morgan fingerprint density at radius 3 is 2.82 bits per heavy atom. The number of carbonyl (C=O) groups excluding carboxylic acids is 1. The van der Waals surface area contributed by atoms with Crippen LogP contribution in [0.5, 0.6) is 0 Å². The van der Waals surface area contributed by atoms with Gasteiger partial charge in [0.15, 0.2) is 5.69 Å². The maximum Gasteiger partial charge on any atom is 0.374 e. The predicted molar refractivity (Wildman–Crippen MR) is 54.7 cm³/mol. The molecule has 0 aliphatic heterocycles. The Balaban J connectivity index is 1.89. The molecule has 0 aromatic carbocycles. The van der Waals surface area contributed by atoms with Gasteiger partial charge < -0.3 is 19.7 Å². The molecule has 0 atom stereocenters. The van der Waals surface area contributed by atoms with E-state index < -0.39 is 11.9 Å². The average Bonchev–Trinajstić information content (AvgIpc) is 2.71. The van der Waals surface area contributed by atoms with E-state index in [1.165, 1.54) is 0 Å². The lowest BCUT2D eigenvalue weighted by Crippen LogP contribution is -2.47. The smallest absolute Gasteiger partial charge is 0.374 e. The first-order valence-corrected chi connectivity index (χ1v) is 5.14. The number of carboxylic acid groups (broad SMARTS) is 1. The first kappa shape index (κ1) is 11.6. The highest BCUT2D eigenvalue weighted by Crippen LogP contribution is 2.22. The van der Waals surface area contributed by atoms with Gasteiger partial charge in [0.1, 0.15) is 0 Å². The van der Waals surface area contributed by atoms with Crippen LogP contribution in [0.1, 0.15) is 33.9 Å². The van der Waals surface area contributed by atoms with E-state index in [-0.39, 0.29) is 23.6 Å². The van der Waals surface area contributed by atoms with E-state index >= 15 is 0 Å². The summed E-state index contributed by atoms with van der Waals surface area (Å²) < 4.78 is 9.56. The molecule has 1 heterocycles. The van der Waals surface area contributed by atoms with E-state index in [0.29, 0.717) is 0 Å². The molecule has 17 heavy (non-hydrogen) atoms. The number of nitrogens with one attached hydrogen (secondary N) is 1. The van der Waals surface area contributed by atoms with E-state index in [1.54, 1.807) is 7.11 Å². The van der Waals surface area contributed by atoms with Crippen LogP contribution in [0.2, 0.25) is 0 Å². The Bertz CT molecular complexity index is 436. The lowest BCUT2D eigenvalue weighted by atomic mass is 9.89. The highest BCUT2D eigenvalue weighted by Gasteiger charge is 2.31. The quantitative estimate of drug-likeness (QED) is 0.783. The molecule has 1 amide bonds. The summed E-state index contributed by atoms with van der Waals surface area (Å²) in [6.07, 6.45) is 1.70. The van der Waals surface area contributed by atoms with Crippen molar-refractivity contribution in [3.05, 3.63) is 17.5 Å². The summed E-state index contributed by atoms with van der Waals surface area (Å²) in [5.41, 5.74) is -0.0248. The van der Waals surface area contributed by atoms with Crippen molar-refractivity contribution in [3.8, 4) is 0 Å². The Labute approximate surface area is 96.7 Å². The maximum absolute atomic E-state index is 11.6. The van der Waals surface area contributed by atoms with E-state index in [1.807, 2.05) is 0 Å². The van der Waals surface area contributed by atoms with Crippen LogP contribution in [0, 0.1) is 0 Å². The number of methoxy groups -OCH3 is 1. The lowest BCUT2D eigenvalue weighted by Gasteiger charge is -2.34. The second-order valence-electron chi connectivity index (χ2n) is 3.88. The number of ether oxygens (including phenoxy) is 1. The molecule has 1 aliphatic rings. The maximum atomic E-state index is 11.6. The molecule has 2 rings (SSSR count).